The van der Waals surface area contributed by atoms with E-state index in [9.17, 15) is 4.79 Å². The van der Waals surface area contributed by atoms with Crippen molar-refractivity contribution in [2.75, 3.05) is 0 Å². The maximum Gasteiger partial charge on any atom is 1.00 e. The van der Waals surface area contributed by atoms with Gasteiger partial charge >= 0.3 is 18.9 Å². The molecule has 0 radical (unpaired) electrons. The summed E-state index contributed by atoms with van der Waals surface area (Å²) >= 11 is 0. The Morgan fingerprint density at radius 2 is 0.976 bits per heavy atom. The van der Waals surface area contributed by atoms with E-state index in [1.807, 2.05) is 135 Å². The van der Waals surface area contributed by atoms with Gasteiger partial charge in [-0.15, -0.1) is 0 Å². The van der Waals surface area contributed by atoms with Crippen molar-refractivity contribution in [1.82, 2.24) is 0 Å². The van der Waals surface area contributed by atoms with Crippen LogP contribution in [0.4, 0.5) is 0 Å². The van der Waals surface area contributed by atoms with E-state index < -0.39 is 0 Å². The van der Waals surface area contributed by atoms with Crippen LogP contribution in [0.15, 0.2) is 121 Å². The van der Waals surface area contributed by atoms with E-state index in [1.54, 1.807) is 0 Å². The van der Waals surface area contributed by atoms with Crippen LogP contribution in [0.5, 0.6) is 17.2 Å². The Balaban J connectivity index is 0.00000405. The Hall–Kier alpha value is -3.80. The minimum atomic E-state index is -0.192. The van der Waals surface area contributed by atoms with Gasteiger partial charge in [-0.2, -0.15) is 0 Å². The van der Waals surface area contributed by atoms with Crippen LogP contribution in [-0.2, 0) is 19.8 Å². The van der Waals surface area contributed by atoms with Crippen LogP contribution in [0, 0.1) is 13.8 Å². The molecule has 1 atom stereocenters. The second-order valence-electron chi connectivity index (χ2n) is 9.84. The van der Waals surface area contributed by atoms with E-state index in [0.717, 1.165) is 38.7 Å². The van der Waals surface area contributed by atoms with Crippen molar-refractivity contribution in [3.63, 3.8) is 0 Å². The smallest absolute Gasteiger partial charge is 0.489 e. The minimum Gasteiger partial charge on any atom is -0.489 e. The van der Waals surface area contributed by atoms with Crippen LogP contribution in [0.25, 0.3) is 0 Å². The molecule has 0 amide bonds. The summed E-state index contributed by atoms with van der Waals surface area (Å²) in [7, 11) is -0.192. The molecule has 0 aliphatic carbocycles. The molecule has 0 saturated heterocycles. The van der Waals surface area contributed by atoms with Gasteiger partial charge in [-0.25, -0.2) is 0 Å². The van der Waals surface area contributed by atoms with E-state index in [0.29, 0.717) is 37.1 Å². The molecule has 206 valence electrons. The maximum absolute atomic E-state index is 13.8. The van der Waals surface area contributed by atoms with Crippen LogP contribution < -0.4 is 38.4 Å². The number of carbonyl (C=O) groups excluding carboxylic acids is 1. The predicted octanol–water partition coefficient (Wildman–Crippen LogP) is 5.19. The number of hydrogen-bond acceptors (Lipinski definition) is 4. The van der Waals surface area contributed by atoms with Crippen molar-refractivity contribution in [3.8, 4) is 17.2 Å². The topological polar surface area (TPSA) is 44.8 Å². The van der Waals surface area contributed by atoms with Gasteiger partial charge in [0, 0.05) is 17.7 Å². The number of ether oxygens (including phenoxy) is 3. The summed E-state index contributed by atoms with van der Waals surface area (Å²) in [6, 6.07) is 39.7. The van der Waals surface area contributed by atoms with Gasteiger partial charge in [0.05, 0.1) is 5.30 Å². The summed E-state index contributed by atoms with van der Waals surface area (Å²) in [6.07, 6.45) is 0. The molecule has 0 heterocycles. The summed E-state index contributed by atoms with van der Waals surface area (Å²) in [5.74, 6) is 1.79. The third-order valence-corrected chi connectivity index (χ3v) is 7.93. The van der Waals surface area contributed by atoms with E-state index in [-0.39, 0.29) is 33.0 Å². The number of aryl methyl sites for hydroxylation is 2. The van der Waals surface area contributed by atoms with Gasteiger partial charge in [-0.1, -0.05) is 109 Å². The Kier molecular flexibility index (Phi) is 11.4. The SMILES string of the molecule is Cc1cccc(C)c1C(=O)Pc1c(OCc2ccccc2)cc(OCc2ccccc2)cc1OCc1ccccc1.[Li+]. The molecule has 0 bridgehead atoms. The molecule has 0 aromatic heterocycles. The first-order valence-corrected chi connectivity index (χ1v) is 14.6. The van der Waals surface area contributed by atoms with Crippen molar-refractivity contribution in [2.24, 2.45) is 0 Å². The molecular formula is C36H33LiO4P+. The van der Waals surface area contributed by atoms with E-state index in [2.05, 4.69) is 0 Å². The zero-order chi connectivity index (χ0) is 28.4. The molecule has 0 spiro atoms. The van der Waals surface area contributed by atoms with Gasteiger partial charge in [0.2, 0.25) is 0 Å². The fourth-order valence-electron chi connectivity index (χ4n) is 4.56. The van der Waals surface area contributed by atoms with Crippen molar-refractivity contribution in [2.45, 2.75) is 33.7 Å². The number of benzene rings is 5. The molecule has 5 aromatic carbocycles. The first kappa shape index (κ1) is 31.1. The molecule has 4 nitrogen and oxygen atoms in total. The average molecular weight is 568 g/mol. The molecule has 6 heteroatoms. The van der Waals surface area contributed by atoms with Crippen molar-refractivity contribution < 1.29 is 37.9 Å². The van der Waals surface area contributed by atoms with Crippen molar-refractivity contribution >= 4 is 19.4 Å². The predicted molar refractivity (Wildman–Crippen MR) is 167 cm³/mol. The zero-order valence-corrected chi connectivity index (χ0v) is 25.3. The average Bonchev–Trinajstić information content (AvgIpc) is 3.00. The van der Waals surface area contributed by atoms with Crippen molar-refractivity contribution in [3.05, 3.63) is 155 Å². The van der Waals surface area contributed by atoms with Gasteiger partial charge in [-0.05, 0) is 50.2 Å². The normalized spacial score (nSPS) is 10.7. The largest absolute Gasteiger partial charge is 1.00 e. The number of rotatable bonds is 12. The Morgan fingerprint density at radius 3 is 1.40 bits per heavy atom. The monoisotopic (exact) mass is 567 g/mol. The quantitative estimate of drug-likeness (QED) is 0.154. The maximum atomic E-state index is 13.8. The Bertz CT molecular complexity index is 1510. The molecule has 0 N–H and O–H groups in total. The van der Waals surface area contributed by atoms with Crippen LogP contribution in [-0.4, -0.2) is 5.52 Å². The van der Waals surface area contributed by atoms with E-state index in [1.165, 1.54) is 0 Å². The molecule has 5 rings (SSSR count). The summed E-state index contributed by atoms with van der Waals surface area (Å²) in [4.78, 5) is 13.8. The first-order valence-electron chi connectivity index (χ1n) is 13.6. The standard InChI is InChI=1S/C36H33O4P.Li/c1-26-13-12-14-27(2)34(26)36(37)41-35-32(39-24-29-17-8-4-9-18-29)21-31(38-23-28-15-6-3-7-16-28)22-33(35)40-25-30-19-10-5-11-20-30;/h3-22,41H,23-25H2,1-2H3;/q;+1. The Labute approximate surface area is 262 Å². The summed E-state index contributed by atoms with van der Waals surface area (Å²) < 4.78 is 19.0. The van der Waals surface area contributed by atoms with Crippen LogP contribution >= 0.6 is 8.58 Å². The minimum absolute atomic E-state index is 0. The molecule has 5 aromatic rings. The fourth-order valence-corrected chi connectivity index (χ4v) is 5.84. The number of carbonyl (C=O) groups is 1. The Morgan fingerprint density at radius 1 is 0.571 bits per heavy atom. The molecule has 0 aliphatic rings. The van der Waals surface area contributed by atoms with E-state index in [4.69, 9.17) is 14.2 Å². The third kappa shape index (κ3) is 8.37. The van der Waals surface area contributed by atoms with Gasteiger partial charge in [0.1, 0.15) is 37.1 Å². The molecule has 1 unspecified atom stereocenters. The molecule has 0 saturated carbocycles. The fraction of sp³-hybridized carbons (Fsp3) is 0.139. The number of hydrogen-bond donors (Lipinski definition) is 0. The molecule has 42 heavy (non-hydrogen) atoms. The van der Waals surface area contributed by atoms with Gasteiger partial charge in [-0.3, -0.25) is 4.79 Å². The van der Waals surface area contributed by atoms with Gasteiger partial charge in [0.25, 0.3) is 0 Å². The second kappa shape index (κ2) is 15.4. The van der Waals surface area contributed by atoms with Crippen LogP contribution in [0.2, 0.25) is 0 Å². The second-order valence-corrected chi connectivity index (χ2v) is 11.0. The summed E-state index contributed by atoms with van der Waals surface area (Å²) in [5.41, 5.74) is 5.84. The van der Waals surface area contributed by atoms with Gasteiger partial charge in [0.15, 0.2) is 5.52 Å². The summed E-state index contributed by atoms with van der Waals surface area (Å²) in [5, 5.41) is 0.733. The van der Waals surface area contributed by atoms with Crippen molar-refractivity contribution in [1.29, 1.82) is 0 Å². The zero-order valence-electron chi connectivity index (χ0n) is 24.3. The molecule has 0 aliphatic heterocycles. The van der Waals surface area contributed by atoms with Crippen LogP contribution in [0.3, 0.4) is 0 Å². The third-order valence-electron chi connectivity index (χ3n) is 6.71. The van der Waals surface area contributed by atoms with E-state index >= 15 is 0 Å². The van der Waals surface area contributed by atoms with Crippen LogP contribution in [0.1, 0.15) is 38.2 Å². The first-order chi connectivity index (χ1) is 20.1. The molecule has 0 fully saturated rings. The molecular weight excluding hydrogens is 534 g/mol. The van der Waals surface area contributed by atoms with Gasteiger partial charge < -0.3 is 14.2 Å². The summed E-state index contributed by atoms with van der Waals surface area (Å²) in [6.45, 7) is 5.07.